The molecular formula is I3In-. The first-order valence-corrected chi connectivity index (χ1v) is 29.5. The maximum absolute atomic E-state index is 2.53. The molecule has 0 aromatic heterocycles. The minimum absolute atomic E-state index is 0.727. The second kappa shape index (κ2) is 4.23. The third-order valence-electron chi connectivity index (χ3n) is 0. The summed E-state index contributed by atoms with van der Waals surface area (Å²) in [6, 6.07) is 0. The predicted octanol–water partition coefficient (Wildman–Crippen LogP) is 2.28. The van der Waals surface area contributed by atoms with Gasteiger partial charge in [0.15, 0.2) is 0 Å². The van der Waals surface area contributed by atoms with Crippen LogP contribution in [0.4, 0.5) is 0 Å². The van der Waals surface area contributed by atoms with Gasteiger partial charge in [-0.3, -0.25) is 0 Å². The van der Waals surface area contributed by atoms with Crippen molar-refractivity contribution in [1.82, 2.24) is 0 Å². The van der Waals surface area contributed by atoms with E-state index in [1.807, 2.05) is 0 Å². The Bertz CT molecular complexity index is 8.00. The molecule has 0 nitrogen and oxygen atoms in total. The van der Waals surface area contributed by atoms with Crippen LogP contribution in [0.1, 0.15) is 0 Å². The van der Waals surface area contributed by atoms with Gasteiger partial charge in [-0.15, -0.1) is 0 Å². The minimum atomic E-state index is -0.727. The van der Waals surface area contributed by atoms with Crippen molar-refractivity contribution in [2.45, 2.75) is 0 Å². The Kier molecular flexibility index (Phi) is 7.46. The molecule has 0 aliphatic carbocycles. The third kappa shape index (κ3) is 8.91. The summed E-state index contributed by atoms with van der Waals surface area (Å²) in [6.45, 7) is 0. The molecule has 0 fully saturated rings. The molecule has 25 valence electrons. The molecule has 0 saturated heterocycles. The second-order valence-electron chi connectivity index (χ2n) is 0.247. The summed E-state index contributed by atoms with van der Waals surface area (Å²) in [5, 5.41) is 0. The van der Waals surface area contributed by atoms with Crippen LogP contribution in [0.15, 0.2) is 0 Å². The van der Waals surface area contributed by atoms with Crippen LogP contribution < -0.4 is 0 Å². The fourth-order valence-electron chi connectivity index (χ4n) is 0. The molecule has 0 aromatic rings. The van der Waals surface area contributed by atoms with Crippen molar-refractivity contribution in [1.29, 1.82) is 0 Å². The van der Waals surface area contributed by atoms with Crippen LogP contribution in [-0.2, 0) is 0 Å². The molecule has 0 aliphatic rings. The first kappa shape index (κ1) is 7.06. The van der Waals surface area contributed by atoms with E-state index in [4.69, 9.17) is 0 Å². The zero-order chi connectivity index (χ0) is 3.58. The molecular weight excluding hydrogens is 496 g/mol. The van der Waals surface area contributed by atoms with Gasteiger partial charge in [-0.2, -0.15) is 0 Å². The normalized spacial score (nSPS) is 9.00. The number of halogens is 3. The van der Waals surface area contributed by atoms with Gasteiger partial charge in [-0.25, -0.2) is 0 Å². The van der Waals surface area contributed by atoms with Gasteiger partial charge < -0.3 is 0 Å². The molecule has 0 aromatic carbocycles. The van der Waals surface area contributed by atoms with Crippen molar-refractivity contribution in [3.8, 4) is 0 Å². The number of rotatable bonds is 0. The third-order valence-corrected chi connectivity index (χ3v) is 0. The van der Waals surface area contributed by atoms with E-state index in [2.05, 4.69) is 54.4 Å². The Labute approximate surface area is 61.3 Å². The van der Waals surface area contributed by atoms with E-state index >= 15 is 0 Å². The van der Waals surface area contributed by atoms with Crippen molar-refractivity contribution in [2.24, 2.45) is 0 Å². The van der Waals surface area contributed by atoms with Crippen LogP contribution in [0.2, 0.25) is 0 Å². The topological polar surface area (TPSA) is 0 Å². The fraction of sp³-hybridized carbons (Fsp3) is 0. The summed E-state index contributed by atoms with van der Waals surface area (Å²) in [4.78, 5) is 0. The average molecular weight is 496 g/mol. The summed E-state index contributed by atoms with van der Waals surface area (Å²) in [5.41, 5.74) is 0. The van der Waals surface area contributed by atoms with Gasteiger partial charge in [0.25, 0.3) is 0 Å². The molecule has 0 N–H and O–H groups in total. The van der Waals surface area contributed by atoms with Crippen LogP contribution in [0.5, 0.6) is 0 Å². The van der Waals surface area contributed by atoms with Crippen molar-refractivity contribution < 1.29 is 0 Å². The van der Waals surface area contributed by atoms with Gasteiger partial charge >= 0.3 is 63.4 Å². The molecule has 0 bridgehead atoms. The van der Waals surface area contributed by atoms with E-state index in [1.165, 1.54) is 0 Å². The van der Waals surface area contributed by atoms with Crippen molar-refractivity contribution in [2.75, 3.05) is 0 Å². The van der Waals surface area contributed by atoms with Gasteiger partial charge in [-0.1, -0.05) is 0 Å². The van der Waals surface area contributed by atoms with Gasteiger partial charge in [-0.05, 0) is 0 Å². The second-order valence-corrected chi connectivity index (χ2v) is 74.7. The van der Waals surface area contributed by atoms with Gasteiger partial charge in [0.05, 0.1) is 0 Å². The van der Waals surface area contributed by atoms with E-state index < -0.39 is 8.97 Å². The molecule has 0 spiro atoms. The summed E-state index contributed by atoms with van der Waals surface area (Å²) in [6.07, 6.45) is 0. The van der Waals surface area contributed by atoms with Crippen LogP contribution in [-0.4, -0.2) is 8.97 Å². The quantitative estimate of drug-likeness (QED) is 0.453. The van der Waals surface area contributed by atoms with E-state index in [1.54, 1.807) is 0 Å². The van der Waals surface area contributed by atoms with Crippen molar-refractivity contribution in [3.05, 3.63) is 0 Å². The summed E-state index contributed by atoms with van der Waals surface area (Å²) >= 11 is 7.58. The molecule has 4 heavy (non-hydrogen) atoms. The monoisotopic (exact) mass is 496 g/mol. The van der Waals surface area contributed by atoms with Gasteiger partial charge in [0.1, 0.15) is 0 Å². The summed E-state index contributed by atoms with van der Waals surface area (Å²) in [5.74, 6) is 0. The Morgan fingerprint density at radius 3 is 1.00 bits per heavy atom. The molecule has 0 atom stereocenters. The molecule has 0 saturated carbocycles. The average Bonchev–Trinajstić information content (AvgIpc) is 0.811. The Balaban J connectivity index is 2.32. The van der Waals surface area contributed by atoms with Gasteiger partial charge in [0.2, 0.25) is 0 Å². The van der Waals surface area contributed by atoms with Crippen LogP contribution >= 0.6 is 54.4 Å². The van der Waals surface area contributed by atoms with Crippen LogP contribution in [0.3, 0.4) is 0 Å². The maximum atomic E-state index is 2.53. The zero-order valence-corrected chi connectivity index (χ0v) is 11.5. The SMILES string of the molecule is [I][In-]([I])[I]. The first-order valence-electron chi connectivity index (χ1n) is 0.655. The van der Waals surface area contributed by atoms with E-state index in [0.29, 0.717) is 0 Å². The number of hydrogen-bond acceptors (Lipinski definition) is 0. The van der Waals surface area contributed by atoms with Crippen molar-refractivity contribution in [3.63, 3.8) is 0 Å². The molecule has 1 radical (unpaired) electrons. The Hall–Kier alpha value is 3.06. The van der Waals surface area contributed by atoms with E-state index in [-0.39, 0.29) is 0 Å². The van der Waals surface area contributed by atoms with Crippen molar-refractivity contribution >= 4 is 63.4 Å². The van der Waals surface area contributed by atoms with Gasteiger partial charge in [0, 0.05) is 0 Å². The molecule has 4 heteroatoms. The van der Waals surface area contributed by atoms with Crippen LogP contribution in [0.25, 0.3) is 0 Å². The summed E-state index contributed by atoms with van der Waals surface area (Å²) in [7, 11) is -0.727. The standard InChI is InChI=1S/3HI.In/h3*1H;/q;;;+2/p-3. The van der Waals surface area contributed by atoms with E-state index in [9.17, 15) is 0 Å². The van der Waals surface area contributed by atoms with Crippen LogP contribution in [0, 0.1) is 0 Å². The molecule has 0 rings (SSSR count). The predicted molar refractivity (Wildman–Crippen MR) is 47.8 cm³/mol. The molecule has 0 heterocycles. The molecule has 0 aliphatic heterocycles. The first-order chi connectivity index (χ1) is 1.73. The Morgan fingerprint density at radius 1 is 1.00 bits per heavy atom. The fourth-order valence-corrected chi connectivity index (χ4v) is 0. The summed E-state index contributed by atoms with van der Waals surface area (Å²) < 4.78 is 0. The number of hydrogen-bond donors (Lipinski definition) is 0. The van der Waals surface area contributed by atoms with E-state index in [0.717, 1.165) is 0 Å². The Morgan fingerprint density at radius 2 is 1.00 bits per heavy atom. The zero-order valence-electron chi connectivity index (χ0n) is 1.71. The molecule has 0 amide bonds. The molecule has 0 unspecified atom stereocenters.